The fourth-order valence-corrected chi connectivity index (χ4v) is 3.36. The van der Waals surface area contributed by atoms with Crippen LogP contribution in [0.25, 0.3) is 0 Å². The van der Waals surface area contributed by atoms with E-state index >= 15 is 0 Å². The van der Waals surface area contributed by atoms with Crippen molar-refractivity contribution in [3.63, 3.8) is 0 Å². The molecule has 3 aromatic rings. The fraction of sp³-hybridized carbons (Fsp3) is 0.167. The first-order chi connectivity index (χ1) is 12.7. The molecule has 0 bridgehead atoms. The maximum atomic E-state index is 5.87. The zero-order valence-corrected chi connectivity index (χ0v) is 16.7. The summed E-state index contributed by atoms with van der Waals surface area (Å²) in [4.78, 5) is 8.55. The summed E-state index contributed by atoms with van der Waals surface area (Å²) in [5.74, 6) is 1.24. The van der Waals surface area contributed by atoms with Gasteiger partial charge in [0, 0.05) is 11.6 Å². The lowest BCUT2D eigenvalue weighted by atomic mass is 10.2. The fourth-order valence-electron chi connectivity index (χ4n) is 2.15. The van der Waals surface area contributed by atoms with Crippen molar-refractivity contribution < 1.29 is 9.47 Å². The van der Waals surface area contributed by atoms with Gasteiger partial charge in [-0.2, -0.15) is 5.10 Å². The molecule has 0 aliphatic rings. The molecule has 0 unspecified atom stereocenters. The van der Waals surface area contributed by atoms with Gasteiger partial charge >= 0.3 is 0 Å². The maximum absolute atomic E-state index is 5.87. The third-order valence-corrected chi connectivity index (χ3v) is 4.79. The van der Waals surface area contributed by atoms with Gasteiger partial charge in [0.1, 0.15) is 6.61 Å². The zero-order valence-electron chi connectivity index (χ0n) is 14.3. The SMILES string of the molecule is COc1cc(C=NNc2nc(C)cs2)cc(Br)c1OCc1ccccn1. The van der Waals surface area contributed by atoms with E-state index < -0.39 is 0 Å². The Morgan fingerprint density at radius 2 is 2.23 bits per heavy atom. The van der Waals surface area contributed by atoms with Crippen LogP contribution in [0.4, 0.5) is 5.13 Å². The molecule has 0 amide bonds. The number of methoxy groups -OCH3 is 1. The summed E-state index contributed by atoms with van der Waals surface area (Å²) in [7, 11) is 1.60. The summed E-state index contributed by atoms with van der Waals surface area (Å²) in [5.41, 5.74) is 5.58. The molecule has 1 N–H and O–H groups in total. The van der Waals surface area contributed by atoms with Gasteiger partial charge in [-0.1, -0.05) is 6.07 Å². The first-order valence-corrected chi connectivity index (χ1v) is 9.44. The molecule has 3 rings (SSSR count). The van der Waals surface area contributed by atoms with E-state index in [1.165, 1.54) is 11.3 Å². The van der Waals surface area contributed by atoms with Crippen molar-refractivity contribution >= 4 is 38.6 Å². The Morgan fingerprint density at radius 1 is 1.35 bits per heavy atom. The molecule has 0 saturated carbocycles. The molecule has 0 aliphatic carbocycles. The van der Waals surface area contributed by atoms with Crippen molar-refractivity contribution in [1.29, 1.82) is 0 Å². The van der Waals surface area contributed by atoms with Crippen molar-refractivity contribution in [1.82, 2.24) is 9.97 Å². The van der Waals surface area contributed by atoms with Crippen molar-refractivity contribution in [3.8, 4) is 11.5 Å². The molecule has 6 nitrogen and oxygen atoms in total. The van der Waals surface area contributed by atoms with E-state index in [9.17, 15) is 0 Å². The molecule has 1 aromatic carbocycles. The number of halogens is 1. The van der Waals surface area contributed by atoms with Gasteiger partial charge in [-0.25, -0.2) is 4.98 Å². The molecular weight excluding hydrogens is 416 g/mol. The van der Waals surface area contributed by atoms with Crippen molar-refractivity contribution in [2.75, 3.05) is 12.5 Å². The van der Waals surface area contributed by atoms with Crippen LogP contribution in [0.1, 0.15) is 17.0 Å². The Bertz CT molecular complexity index is 899. The minimum absolute atomic E-state index is 0.355. The topological polar surface area (TPSA) is 68.6 Å². The third-order valence-electron chi connectivity index (χ3n) is 3.34. The molecular formula is C18H17BrN4O2S. The van der Waals surface area contributed by atoms with E-state index in [-0.39, 0.29) is 0 Å². The number of hydrogen-bond acceptors (Lipinski definition) is 7. The minimum Gasteiger partial charge on any atom is -0.493 e. The van der Waals surface area contributed by atoms with Gasteiger partial charge in [-0.05, 0) is 52.7 Å². The standard InChI is InChI=1S/C18H17BrN4O2S/c1-12-11-26-18(22-12)23-21-9-13-7-15(19)17(16(8-13)24-2)25-10-14-5-3-4-6-20-14/h3-9,11H,10H2,1-2H3,(H,22,23). The van der Waals surface area contributed by atoms with Gasteiger partial charge in [0.2, 0.25) is 5.13 Å². The molecule has 8 heteroatoms. The summed E-state index contributed by atoms with van der Waals surface area (Å²) in [6.07, 6.45) is 3.44. The number of aromatic nitrogens is 2. The van der Waals surface area contributed by atoms with Gasteiger partial charge in [0.15, 0.2) is 11.5 Å². The number of aryl methyl sites for hydroxylation is 1. The summed E-state index contributed by atoms with van der Waals surface area (Å²) in [6.45, 7) is 2.30. The lowest BCUT2D eigenvalue weighted by molar-refractivity contribution is 0.279. The second-order valence-corrected chi connectivity index (χ2v) is 7.02. The van der Waals surface area contributed by atoms with Crippen LogP contribution in [0.2, 0.25) is 0 Å². The van der Waals surface area contributed by atoms with Crippen LogP contribution in [0.5, 0.6) is 11.5 Å². The van der Waals surface area contributed by atoms with Crippen LogP contribution in [0, 0.1) is 6.92 Å². The zero-order chi connectivity index (χ0) is 18.4. The number of thiazole rings is 1. The van der Waals surface area contributed by atoms with Crippen LogP contribution < -0.4 is 14.9 Å². The van der Waals surface area contributed by atoms with Gasteiger partial charge in [-0.15, -0.1) is 11.3 Å². The Hall–Kier alpha value is -2.45. The largest absolute Gasteiger partial charge is 0.493 e. The Balaban J connectivity index is 1.71. The molecule has 2 aromatic heterocycles. The van der Waals surface area contributed by atoms with E-state index in [0.717, 1.165) is 26.6 Å². The van der Waals surface area contributed by atoms with E-state index in [0.29, 0.717) is 18.1 Å². The van der Waals surface area contributed by atoms with Gasteiger partial charge in [0.05, 0.1) is 29.2 Å². The quantitative estimate of drug-likeness (QED) is 0.434. The molecule has 0 aliphatic heterocycles. The molecule has 0 spiro atoms. The van der Waals surface area contributed by atoms with E-state index in [2.05, 4.69) is 36.4 Å². The van der Waals surface area contributed by atoms with Crippen molar-refractivity contribution in [2.45, 2.75) is 13.5 Å². The molecule has 0 fully saturated rings. The van der Waals surface area contributed by atoms with Crippen LogP contribution in [-0.4, -0.2) is 23.3 Å². The van der Waals surface area contributed by atoms with Crippen molar-refractivity contribution in [2.24, 2.45) is 5.10 Å². The number of pyridine rings is 1. The third kappa shape index (κ3) is 4.80. The van der Waals surface area contributed by atoms with E-state index in [4.69, 9.17) is 9.47 Å². The normalized spacial score (nSPS) is 10.9. The molecule has 0 atom stereocenters. The average Bonchev–Trinajstić information content (AvgIpc) is 3.06. The average molecular weight is 433 g/mol. The van der Waals surface area contributed by atoms with Crippen LogP contribution >= 0.6 is 27.3 Å². The van der Waals surface area contributed by atoms with E-state index in [1.807, 2.05) is 42.6 Å². The first kappa shape index (κ1) is 18.3. The second-order valence-electron chi connectivity index (χ2n) is 5.31. The Kier molecular flexibility index (Phi) is 6.19. The first-order valence-electron chi connectivity index (χ1n) is 7.77. The van der Waals surface area contributed by atoms with Gasteiger partial charge in [-0.3, -0.25) is 10.4 Å². The summed E-state index contributed by atoms with van der Waals surface area (Å²) >= 11 is 5.04. The number of ether oxygens (including phenoxy) is 2. The highest BCUT2D eigenvalue weighted by Gasteiger charge is 2.12. The highest BCUT2D eigenvalue weighted by Crippen LogP contribution is 2.36. The number of benzene rings is 1. The molecule has 2 heterocycles. The summed E-state index contributed by atoms with van der Waals surface area (Å²) in [5, 5.41) is 6.92. The van der Waals surface area contributed by atoms with Gasteiger partial charge < -0.3 is 9.47 Å². The lowest BCUT2D eigenvalue weighted by Crippen LogP contribution is -2.01. The number of hydrazone groups is 1. The van der Waals surface area contributed by atoms with E-state index in [1.54, 1.807) is 19.5 Å². The van der Waals surface area contributed by atoms with Crippen LogP contribution in [0.3, 0.4) is 0 Å². The highest BCUT2D eigenvalue weighted by molar-refractivity contribution is 9.10. The molecule has 0 radical (unpaired) electrons. The predicted octanol–water partition coefficient (Wildman–Crippen LogP) is 4.64. The number of nitrogens with one attached hydrogen (secondary N) is 1. The Morgan fingerprint density at radius 3 is 2.92 bits per heavy atom. The number of rotatable bonds is 7. The number of anilines is 1. The lowest BCUT2D eigenvalue weighted by Gasteiger charge is -2.13. The number of hydrogen-bond donors (Lipinski definition) is 1. The number of nitrogens with zero attached hydrogens (tertiary/aromatic N) is 3. The van der Waals surface area contributed by atoms with Crippen LogP contribution in [-0.2, 0) is 6.61 Å². The summed E-state index contributed by atoms with van der Waals surface area (Å²) in [6, 6.07) is 9.47. The summed E-state index contributed by atoms with van der Waals surface area (Å²) < 4.78 is 12.1. The Labute approximate surface area is 164 Å². The molecule has 134 valence electrons. The molecule has 0 saturated heterocycles. The smallest absolute Gasteiger partial charge is 0.203 e. The monoisotopic (exact) mass is 432 g/mol. The van der Waals surface area contributed by atoms with Crippen LogP contribution in [0.15, 0.2) is 51.5 Å². The highest BCUT2D eigenvalue weighted by atomic mass is 79.9. The van der Waals surface area contributed by atoms with Gasteiger partial charge in [0.25, 0.3) is 0 Å². The maximum Gasteiger partial charge on any atom is 0.203 e. The van der Waals surface area contributed by atoms with Crippen molar-refractivity contribution in [3.05, 3.63) is 63.3 Å². The predicted molar refractivity (Wildman–Crippen MR) is 107 cm³/mol. The minimum atomic E-state index is 0.355. The second kappa shape index (κ2) is 8.77. The molecule has 26 heavy (non-hydrogen) atoms.